The highest BCUT2D eigenvalue weighted by Crippen LogP contribution is 2.26. The number of nitrogens with one attached hydrogen (secondary N) is 2. The van der Waals surface area contributed by atoms with Gasteiger partial charge in [0, 0.05) is 12.1 Å². The number of benzene rings is 2. The van der Waals surface area contributed by atoms with Gasteiger partial charge in [-0.3, -0.25) is 4.79 Å². The number of carbonyl (C=O) groups is 1. The number of aliphatic imine (C=N–C) groups is 1. The molecule has 2 aromatic rings. The molecule has 2 aromatic carbocycles. The molecule has 0 aliphatic heterocycles. The van der Waals surface area contributed by atoms with Crippen LogP contribution in [0.15, 0.2) is 47.5 Å². The maximum Gasteiger partial charge on any atom is 0.255 e. The van der Waals surface area contributed by atoms with Gasteiger partial charge >= 0.3 is 0 Å². The molecule has 1 atom stereocenters. The van der Waals surface area contributed by atoms with Gasteiger partial charge in [0.1, 0.15) is 11.5 Å². The fraction of sp³-hybridized carbons (Fsp3) is 0.364. The molecular formula is C22H30N4O3. The van der Waals surface area contributed by atoms with Gasteiger partial charge in [0.05, 0.1) is 19.7 Å². The van der Waals surface area contributed by atoms with Crippen LogP contribution in [0.25, 0.3) is 0 Å². The van der Waals surface area contributed by atoms with Crippen LogP contribution in [-0.4, -0.2) is 32.1 Å². The van der Waals surface area contributed by atoms with E-state index in [1.54, 1.807) is 13.2 Å². The number of guanidine groups is 1. The van der Waals surface area contributed by atoms with Crippen LogP contribution in [0.1, 0.15) is 36.6 Å². The standard InChI is InChI=1S/C22H30N4O3/c1-5-24-22(26-16(3)19-11-15(2)9-10-20(19)28-4)25-13-17-7-6-8-18(12-17)29-14-21(23)27/h6-12,16H,5,13-14H2,1-4H3,(H2,23,27)(H2,24,25,26). The number of rotatable bonds is 9. The van der Waals surface area contributed by atoms with E-state index >= 15 is 0 Å². The van der Waals surface area contributed by atoms with E-state index in [9.17, 15) is 4.79 Å². The van der Waals surface area contributed by atoms with Crippen LogP contribution in [-0.2, 0) is 11.3 Å². The number of nitrogens with zero attached hydrogens (tertiary/aromatic N) is 1. The second kappa shape index (κ2) is 10.9. The van der Waals surface area contributed by atoms with Gasteiger partial charge in [-0.2, -0.15) is 0 Å². The smallest absolute Gasteiger partial charge is 0.255 e. The van der Waals surface area contributed by atoms with Crippen LogP contribution in [0.5, 0.6) is 11.5 Å². The van der Waals surface area contributed by atoms with Crippen molar-refractivity contribution in [3.63, 3.8) is 0 Å². The van der Waals surface area contributed by atoms with E-state index in [0.29, 0.717) is 18.3 Å². The fourth-order valence-electron chi connectivity index (χ4n) is 2.85. The summed E-state index contributed by atoms with van der Waals surface area (Å²) in [6.07, 6.45) is 0. The normalized spacial score (nSPS) is 12.2. The number of ether oxygens (including phenoxy) is 2. The van der Waals surface area contributed by atoms with Gasteiger partial charge in [0.15, 0.2) is 12.6 Å². The van der Waals surface area contributed by atoms with E-state index in [1.165, 1.54) is 5.56 Å². The summed E-state index contributed by atoms with van der Waals surface area (Å²) in [4.78, 5) is 15.6. The Balaban J connectivity index is 2.11. The van der Waals surface area contributed by atoms with Gasteiger partial charge in [0.25, 0.3) is 5.91 Å². The molecule has 0 heterocycles. The van der Waals surface area contributed by atoms with Crippen LogP contribution in [0.4, 0.5) is 0 Å². The minimum atomic E-state index is -0.507. The summed E-state index contributed by atoms with van der Waals surface area (Å²) in [7, 11) is 1.67. The second-order valence-electron chi connectivity index (χ2n) is 6.71. The van der Waals surface area contributed by atoms with Crippen molar-refractivity contribution in [3.05, 3.63) is 59.2 Å². The zero-order valence-corrected chi connectivity index (χ0v) is 17.5. The molecule has 7 nitrogen and oxygen atoms in total. The lowest BCUT2D eigenvalue weighted by molar-refractivity contribution is -0.119. The summed E-state index contributed by atoms with van der Waals surface area (Å²) in [5, 5.41) is 6.69. The highest BCUT2D eigenvalue weighted by atomic mass is 16.5. The molecule has 0 saturated carbocycles. The fourth-order valence-corrected chi connectivity index (χ4v) is 2.85. The van der Waals surface area contributed by atoms with Crippen LogP contribution >= 0.6 is 0 Å². The molecule has 0 bridgehead atoms. The molecular weight excluding hydrogens is 368 g/mol. The summed E-state index contributed by atoms with van der Waals surface area (Å²) >= 11 is 0. The second-order valence-corrected chi connectivity index (χ2v) is 6.71. The predicted octanol–water partition coefficient (Wildman–Crippen LogP) is 2.68. The summed E-state index contributed by atoms with van der Waals surface area (Å²) in [6.45, 7) is 7.21. The molecule has 0 saturated heterocycles. The number of nitrogens with two attached hydrogens (primary N) is 1. The molecule has 0 spiro atoms. The average Bonchev–Trinajstić information content (AvgIpc) is 2.71. The molecule has 0 radical (unpaired) electrons. The van der Waals surface area contributed by atoms with E-state index in [0.717, 1.165) is 23.4 Å². The third kappa shape index (κ3) is 7.03. The third-order valence-electron chi connectivity index (χ3n) is 4.25. The van der Waals surface area contributed by atoms with E-state index < -0.39 is 5.91 Å². The Bertz CT molecular complexity index is 852. The first-order valence-corrected chi connectivity index (χ1v) is 9.62. The van der Waals surface area contributed by atoms with Crippen LogP contribution in [0, 0.1) is 6.92 Å². The lowest BCUT2D eigenvalue weighted by Crippen LogP contribution is -2.38. The van der Waals surface area contributed by atoms with Gasteiger partial charge in [-0.05, 0) is 44.5 Å². The Morgan fingerprint density at radius 3 is 2.72 bits per heavy atom. The third-order valence-corrected chi connectivity index (χ3v) is 4.25. The topological polar surface area (TPSA) is 98.0 Å². The number of hydrogen-bond donors (Lipinski definition) is 3. The van der Waals surface area contributed by atoms with Crippen LogP contribution in [0.3, 0.4) is 0 Å². The molecule has 0 aliphatic rings. The van der Waals surface area contributed by atoms with Gasteiger partial charge in [-0.1, -0.05) is 29.8 Å². The number of amides is 1. The van der Waals surface area contributed by atoms with Crippen molar-refractivity contribution in [1.82, 2.24) is 10.6 Å². The molecule has 0 aliphatic carbocycles. The Labute approximate surface area is 172 Å². The average molecular weight is 399 g/mol. The first-order chi connectivity index (χ1) is 13.9. The highest BCUT2D eigenvalue weighted by Gasteiger charge is 2.13. The Morgan fingerprint density at radius 2 is 2.03 bits per heavy atom. The SMILES string of the molecule is CCNC(=NCc1cccc(OCC(N)=O)c1)NC(C)c1cc(C)ccc1OC. The van der Waals surface area contributed by atoms with E-state index in [4.69, 9.17) is 15.2 Å². The first-order valence-electron chi connectivity index (χ1n) is 9.62. The quantitative estimate of drug-likeness (QED) is 0.446. The lowest BCUT2D eigenvalue weighted by atomic mass is 10.0. The van der Waals surface area contributed by atoms with Crippen molar-refractivity contribution >= 4 is 11.9 Å². The van der Waals surface area contributed by atoms with Gasteiger partial charge in [0.2, 0.25) is 0 Å². The van der Waals surface area contributed by atoms with Crippen molar-refractivity contribution < 1.29 is 14.3 Å². The van der Waals surface area contributed by atoms with Crippen molar-refractivity contribution in [2.45, 2.75) is 33.4 Å². The maximum atomic E-state index is 10.9. The van der Waals surface area contributed by atoms with Gasteiger partial charge in [-0.15, -0.1) is 0 Å². The highest BCUT2D eigenvalue weighted by molar-refractivity contribution is 5.80. The van der Waals surface area contributed by atoms with Crippen LogP contribution < -0.4 is 25.8 Å². The molecule has 0 aromatic heterocycles. The van der Waals surface area contributed by atoms with E-state index in [-0.39, 0.29) is 12.6 Å². The zero-order chi connectivity index (χ0) is 21.2. The molecule has 7 heteroatoms. The maximum absolute atomic E-state index is 10.9. The molecule has 29 heavy (non-hydrogen) atoms. The zero-order valence-electron chi connectivity index (χ0n) is 17.5. The number of methoxy groups -OCH3 is 1. The molecule has 1 amide bonds. The molecule has 0 fully saturated rings. The Kier molecular flexibility index (Phi) is 8.33. The van der Waals surface area contributed by atoms with Crippen molar-refractivity contribution in [2.24, 2.45) is 10.7 Å². The summed E-state index contributed by atoms with van der Waals surface area (Å²) in [5.41, 5.74) is 8.33. The van der Waals surface area contributed by atoms with Crippen molar-refractivity contribution in [3.8, 4) is 11.5 Å². The summed E-state index contributed by atoms with van der Waals surface area (Å²) in [5.74, 6) is 1.62. The number of aryl methyl sites for hydroxylation is 1. The molecule has 1 unspecified atom stereocenters. The Morgan fingerprint density at radius 1 is 1.24 bits per heavy atom. The predicted molar refractivity (Wildman–Crippen MR) is 115 cm³/mol. The summed E-state index contributed by atoms with van der Waals surface area (Å²) in [6, 6.07) is 13.6. The summed E-state index contributed by atoms with van der Waals surface area (Å²) < 4.78 is 10.9. The van der Waals surface area contributed by atoms with E-state index in [1.807, 2.05) is 37.3 Å². The number of carbonyl (C=O) groups excluding carboxylic acids is 1. The van der Waals surface area contributed by atoms with E-state index in [2.05, 4.69) is 35.5 Å². The number of hydrogen-bond acceptors (Lipinski definition) is 4. The molecule has 156 valence electrons. The van der Waals surface area contributed by atoms with Gasteiger partial charge in [-0.25, -0.2) is 4.99 Å². The molecule has 2 rings (SSSR count). The van der Waals surface area contributed by atoms with Crippen molar-refractivity contribution in [2.75, 3.05) is 20.3 Å². The Hall–Kier alpha value is -3.22. The van der Waals surface area contributed by atoms with Crippen molar-refractivity contribution in [1.29, 1.82) is 0 Å². The molecule has 4 N–H and O–H groups in total. The van der Waals surface area contributed by atoms with Crippen LogP contribution in [0.2, 0.25) is 0 Å². The number of primary amides is 1. The monoisotopic (exact) mass is 398 g/mol. The van der Waals surface area contributed by atoms with Gasteiger partial charge < -0.3 is 25.8 Å². The lowest BCUT2D eigenvalue weighted by Gasteiger charge is -2.20. The minimum absolute atomic E-state index is 0.00730. The largest absolute Gasteiger partial charge is 0.496 e. The minimum Gasteiger partial charge on any atom is -0.496 e. The first kappa shape index (κ1) is 22.1.